The second-order valence-corrected chi connectivity index (χ2v) is 5.86. The first-order valence-corrected chi connectivity index (χ1v) is 7.71. The summed E-state index contributed by atoms with van der Waals surface area (Å²) in [6.45, 7) is 1.53. The Bertz CT molecular complexity index is 634. The molecule has 1 aromatic carbocycles. The van der Waals surface area contributed by atoms with E-state index >= 15 is 0 Å². The average Bonchev–Trinajstić information content (AvgIpc) is 2.55. The van der Waals surface area contributed by atoms with Gasteiger partial charge in [-0.05, 0) is 44.1 Å². The summed E-state index contributed by atoms with van der Waals surface area (Å²) in [6.07, 6.45) is 1.36. The van der Waals surface area contributed by atoms with Crippen molar-refractivity contribution >= 4 is 29.2 Å². The number of methoxy groups -OCH3 is 1. The van der Waals surface area contributed by atoms with Gasteiger partial charge in [-0.2, -0.15) is 5.26 Å². The van der Waals surface area contributed by atoms with Gasteiger partial charge >= 0.3 is 5.97 Å². The van der Waals surface area contributed by atoms with Crippen molar-refractivity contribution in [3.63, 3.8) is 0 Å². The van der Waals surface area contributed by atoms with Crippen LogP contribution in [0.3, 0.4) is 0 Å². The van der Waals surface area contributed by atoms with Gasteiger partial charge in [0, 0.05) is 5.02 Å². The number of ether oxygens (including phenoxy) is 1. The van der Waals surface area contributed by atoms with Gasteiger partial charge in [0.15, 0.2) is 0 Å². The zero-order valence-corrected chi connectivity index (χ0v) is 13.6. The van der Waals surface area contributed by atoms with Gasteiger partial charge in [-0.3, -0.25) is 14.5 Å². The highest BCUT2D eigenvalue weighted by Gasteiger charge is 2.26. The number of rotatable bonds is 4. The summed E-state index contributed by atoms with van der Waals surface area (Å²) in [6, 6.07) is 6.75. The zero-order chi connectivity index (χ0) is 16.8. The first kappa shape index (κ1) is 17.3. The first-order valence-electron chi connectivity index (χ1n) is 7.33. The normalized spacial score (nSPS) is 15.7. The smallest absolute Gasteiger partial charge is 0.308 e. The Labute approximate surface area is 140 Å². The van der Waals surface area contributed by atoms with Crippen LogP contribution in [0.4, 0.5) is 5.69 Å². The second kappa shape index (κ2) is 7.95. The minimum absolute atomic E-state index is 0.0857. The summed E-state index contributed by atoms with van der Waals surface area (Å²) in [5.74, 6) is -0.482. The highest BCUT2D eigenvalue weighted by Crippen LogP contribution is 2.21. The molecule has 0 bridgehead atoms. The number of carbonyl (C=O) groups excluding carboxylic acids is 2. The molecule has 0 atom stereocenters. The lowest BCUT2D eigenvalue weighted by Gasteiger charge is -2.29. The van der Waals surface area contributed by atoms with Crippen LogP contribution in [0.1, 0.15) is 18.4 Å². The Morgan fingerprint density at radius 1 is 1.43 bits per heavy atom. The first-order chi connectivity index (χ1) is 11.0. The molecule has 122 valence electrons. The quantitative estimate of drug-likeness (QED) is 0.851. The Morgan fingerprint density at radius 3 is 2.74 bits per heavy atom. The molecule has 0 saturated carbocycles. The fourth-order valence-corrected chi connectivity index (χ4v) is 2.78. The molecule has 1 aromatic rings. The van der Waals surface area contributed by atoms with Gasteiger partial charge in [0.2, 0.25) is 5.91 Å². The van der Waals surface area contributed by atoms with Gasteiger partial charge < -0.3 is 10.1 Å². The number of carbonyl (C=O) groups is 2. The van der Waals surface area contributed by atoms with Crippen LogP contribution in [-0.4, -0.2) is 43.5 Å². The van der Waals surface area contributed by atoms with Crippen molar-refractivity contribution in [2.24, 2.45) is 5.92 Å². The Kier molecular flexibility index (Phi) is 5.97. The molecule has 0 radical (unpaired) electrons. The summed E-state index contributed by atoms with van der Waals surface area (Å²) in [4.78, 5) is 25.6. The number of anilines is 1. The molecular weight excluding hydrogens is 318 g/mol. The van der Waals surface area contributed by atoms with E-state index in [2.05, 4.69) is 5.32 Å². The molecule has 1 aliphatic heterocycles. The van der Waals surface area contributed by atoms with E-state index < -0.39 is 0 Å². The standard InChI is InChI=1S/C16H18ClN3O3/c1-23-16(22)11-4-6-20(7-5-11)10-15(21)19-14-8-13(17)3-2-12(14)9-18/h2-3,8,11H,4-7,10H2,1H3,(H,19,21). The highest BCUT2D eigenvalue weighted by atomic mass is 35.5. The van der Waals surface area contributed by atoms with E-state index in [-0.39, 0.29) is 24.3 Å². The molecule has 0 aliphatic carbocycles. The van der Waals surface area contributed by atoms with E-state index in [4.69, 9.17) is 21.6 Å². The van der Waals surface area contributed by atoms with Crippen LogP contribution in [0.15, 0.2) is 18.2 Å². The van der Waals surface area contributed by atoms with Gasteiger partial charge in [-0.1, -0.05) is 11.6 Å². The maximum atomic E-state index is 12.1. The number of hydrogen-bond donors (Lipinski definition) is 1. The lowest BCUT2D eigenvalue weighted by molar-refractivity contribution is -0.147. The number of piperidine rings is 1. The zero-order valence-electron chi connectivity index (χ0n) is 12.8. The minimum atomic E-state index is -0.208. The van der Waals surface area contributed by atoms with Gasteiger partial charge in [0.05, 0.1) is 30.8 Å². The van der Waals surface area contributed by atoms with Gasteiger partial charge in [-0.25, -0.2) is 0 Å². The van der Waals surface area contributed by atoms with E-state index in [1.165, 1.54) is 7.11 Å². The topological polar surface area (TPSA) is 82.4 Å². The summed E-state index contributed by atoms with van der Waals surface area (Å²) in [5.41, 5.74) is 0.779. The third kappa shape index (κ3) is 4.68. The van der Waals surface area contributed by atoms with E-state index in [9.17, 15) is 9.59 Å². The van der Waals surface area contributed by atoms with Crippen molar-refractivity contribution in [1.29, 1.82) is 5.26 Å². The fourth-order valence-electron chi connectivity index (χ4n) is 2.60. The molecule has 6 nitrogen and oxygen atoms in total. The fraction of sp³-hybridized carbons (Fsp3) is 0.438. The number of nitrogens with zero attached hydrogens (tertiary/aromatic N) is 2. The molecular formula is C16H18ClN3O3. The number of benzene rings is 1. The summed E-state index contributed by atoms with van der Waals surface area (Å²) >= 11 is 5.89. The average molecular weight is 336 g/mol. The van der Waals surface area contributed by atoms with Gasteiger partial charge in [0.1, 0.15) is 6.07 Å². The third-order valence-corrected chi connectivity index (χ3v) is 4.10. The lowest BCUT2D eigenvalue weighted by Crippen LogP contribution is -2.41. The van der Waals surface area contributed by atoms with Crippen LogP contribution in [0.5, 0.6) is 0 Å². The van der Waals surface area contributed by atoms with Crippen molar-refractivity contribution in [2.45, 2.75) is 12.8 Å². The largest absolute Gasteiger partial charge is 0.469 e. The number of likely N-dealkylation sites (tertiary alicyclic amines) is 1. The molecule has 0 aromatic heterocycles. The summed E-state index contributed by atoms with van der Waals surface area (Å²) in [7, 11) is 1.39. The van der Waals surface area contributed by atoms with Crippen LogP contribution in [-0.2, 0) is 14.3 Å². The van der Waals surface area contributed by atoms with Crippen molar-refractivity contribution in [3.8, 4) is 6.07 Å². The molecule has 7 heteroatoms. The van der Waals surface area contributed by atoms with Crippen LogP contribution < -0.4 is 5.32 Å². The van der Waals surface area contributed by atoms with E-state index in [1.807, 2.05) is 11.0 Å². The Balaban J connectivity index is 1.88. The van der Waals surface area contributed by atoms with Crippen LogP contribution in [0, 0.1) is 17.2 Å². The van der Waals surface area contributed by atoms with Crippen LogP contribution >= 0.6 is 11.6 Å². The number of esters is 1. The molecule has 0 unspecified atom stereocenters. The molecule has 23 heavy (non-hydrogen) atoms. The van der Waals surface area contributed by atoms with Crippen LogP contribution in [0.2, 0.25) is 5.02 Å². The maximum absolute atomic E-state index is 12.1. The van der Waals surface area contributed by atoms with Crippen molar-refractivity contribution in [2.75, 3.05) is 32.1 Å². The Morgan fingerprint density at radius 2 is 2.13 bits per heavy atom. The molecule has 1 amide bonds. The van der Waals surface area contributed by atoms with Crippen molar-refractivity contribution in [1.82, 2.24) is 4.90 Å². The number of amides is 1. The maximum Gasteiger partial charge on any atom is 0.308 e. The lowest BCUT2D eigenvalue weighted by atomic mass is 9.97. The van der Waals surface area contributed by atoms with E-state index in [1.54, 1.807) is 18.2 Å². The SMILES string of the molecule is COC(=O)C1CCN(CC(=O)Nc2cc(Cl)ccc2C#N)CC1. The molecule has 1 aliphatic rings. The predicted octanol–water partition coefficient (Wildman–Crippen LogP) is 2.04. The summed E-state index contributed by atoms with van der Waals surface area (Å²) < 4.78 is 4.74. The molecule has 0 spiro atoms. The molecule has 1 N–H and O–H groups in total. The third-order valence-electron chi connectivity index (χ3n) is 3.87. The van der Waals surface area contributed by atoms with Crippen LogP contribution in [0.25, 0.3) is 0 Å². The molecule has 1 fully saturated rings. The monoisotopic (exact) mass is 335 g/mol. The van der Waals surface area contributed by atoms with Crippen molar-refractivity contribution < 1.29 is 14.3 Å². The van der Waals surface area contributed by atoms with Crippen molar-refractivity contribution in [3.05, 3.63) is 28.8 Å². The van der Waals surface area contributed by atoms with E-state index in [0.717, 1.165) is 0 Å². The number of nitrogens with one attached hydrogen (secondary N) is 1. The number of nitriles is 1. The minimum Gasteiger partial charge on any atom is -0.469 e. The second-order valence-electron chi connectivity index (χ2n) is 5.42. The predicted molar refractivity (Wildman–Crippen MR) is 86.0 cm³/mol. The Hall–Kier alpha value is -2.10. The molecule has 1 heterocycles. The summed E-state index contributed by atoms with van der Waals surface area (Å²) in [5, 5.41) is 12.2. The van der Waals surface area contributed by atoms with Gasteiger partial charge in [0.25, 0.3) is 0 Å². The molecule has 1 saturated heterocycles. The highest BCUT2D eigenvalue weighted by molar-refractivity contribution is 6.31. The van der Waals surface area contributed by atoms with E-state index in [0.29, 0.717) is 42.2 Å². The number of hydrogen-bond acceptors (Lipinski definition) is 5. The number of halogens is 1. The van der Waals surface area contributed by atoms with Gasteiger partial charge in [-0.15, -0.1) is 0 Å². The molecule has 2 rings (SSSR count).